The number of pyridine rings is 1. The number of anilines is 1. The molecule has 0 unspecified atom stereocenters. The van der Waals surface area contributed by atoms with Gasteiger partial charge < -0.3 is 9.80 Å². The minimum absolute atomic E-state index is 0.258. The van der Waals surface area contributed by atoms with Gasteiger partial charge in [-0.1, -0.05) is 0 Å². The van der Waals surface area contributed by atoms with Crippen LogP contribution in [0.4, 0.5) is 10.2 Å². The lowest BCUT2D eigenvalue weighted by Crippen LogP contribution is -2.43. The maximum absolute atomic E-state index is 12.9. The minimum Gasteiger partial charge on any atom is -0.357 e. The molecule has 2 fully saturated rings. The Hall–Kier alpha value is -1.16. The highest BCUT2D eigenvalue weighted by atomic mass is 19.1. The van der Waals surface area contributed by atoms with Gasteiger partial charge in [-0.3, -0.25) is 0 Å². The Bertz CT molecular complexity index is 420. The molecule has 2 saturated heterocycles. The van der Waals surface area contributed by atoms with E-state index in [2.05, 4.69) is 21.7 Å². The SMILES string of the molecule is C[C@@H](C1CCN(c2ccc(F)cn2)CC1)N1CCCC1. The summed E-state index contributed by atoms with van der Waals surface area (Å²) >= 11 is 0. The van der Waals surface area contributed by atoms with E-state index in [1.807, 2.05) is 0 Å². The second-order valence-electron chi connectivity index (χ2n) is 6.14. The summed E-state index contributed by atoms with van der Waals surface area (Å²) in [5.74, 6) is 1.45. The molecule has 20 heavy (non-hydrogen) atoms. The highest BCUT2D eigenvalue weighted by molar-refractivity contribution is 5.38. The first-order valence-corrected chi connectivity index (χ1v) is 7.84. The average Bonchev–Trinajstić information content (AvgIpc) is 3.02. The third kappa shape index (κ3) is 2.95. The first-order chi connectivity index (χ1) is 9.74. The van der Waals surface area contributed by atoms with Crippen molar-refractivity contribution in [1.82, 2.24) is 9.88 Å². The van der Waals surface area contributed by atoms with Crippen molar-refractivity contribution in [1.29, 1.82) is 0 Å². The number of hydrogen-bond donors (Lipinski definition) is 0. The molecule has 0 spiro atoms. The van der Waals surface area contributed by atoms with Crippen molar-refractivity contribution in [3.8, 4) is 0 Å². The van der Waals surface area contributed by atoms with E-state index in [-0.39, 0.29) is 5.82 Å². The molecule has 1 atom stereocenters. The predicted octanol–water partition coefficient (Wildman–Crippen LogP) is 2.92. The summed E-state index contributed by atoms with van der Waals surface area (Å²) in [4.78, 5) is 9.12. The van der Waals surface area contributed by atoms with E-state index in [0.717, 1.165) is 24.8 Å². The zero-order valence-electron chi connectivity index (χ0n) is 12.3. The number of hydrogen-bond acceptors (Lipinski definition) is 3. The maximum Gasteiger partial charge on any atom is 0.141 e. The van der Waals surface area contributed by atoms with Crippen LogP contribution in [0.3, 0.4) is 0 Å². The molecule has 3 rings (SSSR count). The summed E-state index contributed by atoms with van der Waals surface area (Å²) in [6.07, 6.45) is 6.48. The first kappa shape index (κ1) is 13.8. The normalized spacial score (nSPS) is 23.2. The Labute approximate surface area is 120 Å². The van der Waals surface area contributed by atoms with Crippen LogP contribution in [-0.2, 0) is 0 Å². The second kappa shape index (κ2) is 6.08. The van der Waals surface area contributed by atoms with Crippen molar-refractivity contribution in [3.63, 3.8) is 0 Å². The van der Waals surface area contributed by atoms with Crippen LogP contribution >= 0.6 is 0 Å². The van der Waals surface area contributed by atoms with Gasteiger partial charge >= 0.3 is 0 Å². The van der Waals surface area contributed by atoms with Crippen LogP contribution < -0.4 is 4.90 Å². The highest BCUT2D eigenvalue weighted by Gasteiger charge is 2.29. The molecule has 0 aromatic carbocycles. The zero-order chi connectivity index (χ0) is 13.9. The summed E-state index contributed by atoms with van der Waals surface area (Å²) < 4.78 is 12.9. The van der Waals surface area contributed by atoms with Gasteiger partial charge in [0.25, 0.3) is 0 Å². The number of rotatable bonds is 3. The summed E-state index contributed by atoms with van der Waals surface area (Å²) in [6.45, 7) is 7.03. The Balaban J connectivity index is 1.55. The molecule has 0 radical (unpaired) electrons. The Morgan fingerprint density at radius 2 is 1.85 bits per heavy atom. The lowest BCUT2D eigenvalue weighted by molar-refractivity contribution is 0.167. The van der Waals surface area contributed by atoms with Crippen molar-refractivity contribution < 1.29 is 4.39 Å². The average molecular weight is 277 g/mol. The van der Waals surface area contributed by atoms with E-state index in [4.69, 9.17) is 0 Å². The third-order valence-electron chi connectivity index (χ3n) is 4.97. The van der Waals surface area contributed by atoms with Gasteiger partial charge in [0.15, 0.2) is 0 Å². The molecule has 3 heterocycles. The first-order valence-electron chi connectivity index (χ1n) is 7.84. The Morgan fingerprint density at radius 1 is 1.15 bits per heavy atom. The Morgan fingerprint density at radius 3 is 2.45 bits per heavy atom. The van der Waals surface area contributed by atoms with Gasteiger partial charge in [0.05, 0.1) is 6.20 Å². The fourth-order valence-corrected chi connectivity index (χ4v) is 3.61. The molecule has 0 bridgehead atoms. The van der Waals surface area contributed by atoms with E-state index in [1.54, 1.807) is 6.07 Å². The number of halogens is 1. The van der Waals surface area contributed by atoms with Gasteiger partial charge in [-0.2, -0.15) is 0 Å². The molecule has 4 heteroatoms. The van der Waals surface area contributed by atoms with E-state index in [1.165, 1.54) is 51.0 Å². The van der Waals surface area contributed by atoms with Crippen LogP contribution in [0.25, 0.3) is 0 Å². The van der Waals surface area contributed by atoms with Crippen LogP contribution in [0.1, 0.15) is 32.6 Å². The molecule has 0 saturated carbocycles. The molecular formula is C16H24FN3. The zero-order valence-corrected chi connectivity index (χ0v) is 12.3. The maximum atomic E-state index is 12.9. The Kier molecular flexibility index (Phi) is 4.20. The number of aromatic nitrogens is 1. The molecular weight excluding hydrogens is 253 g/mol. The van der Waals surface area contributed by atoms with Crippen molar-refractivity contribution in [2.24, 2.45) is 5.92 Å². The van der Waals surface area contributed by atoms with Crippen molar-refractivity contribution in [2.75, 3.05) is 31.1 Å². The molecule has 0 aliphatic carbocycles. The molecule has 0 amide bonds. The van der Waals surface area contributed by atoms with Gasteiger partial charge in [0.2, 0.25) is 0 Å². The molecule has 0 N–H and O–H groups in total. The molecule has 1 aromatic rings. The van der Waals surface area contributed by atoms with E-state index >= 15 is 0 Å². The van der Waals surface area contributed by atoms with E-state index in [9.17, 15) is 4.39 Å². The van der Waals surface area contributed by atoms with Gasteiger partial charge in [0, 0.05) is 19.1 Å². The van der Waals surface area contributed by atoms with Gasteiger partial charge in [-0.05, 0) is 63.7 Å². The van der Waals surface area contributed by atoms with Crippen LogP contribution in [0.15, 0.2) is 18.3 Å². The standard InChI is InChI=1S/C16H24FN3/c1-13(19-8-2-3-9-19)14-6-10-20(11-7-14)16-5-4-15(17)12-18-16/h4-5,12-14H,2-3,6-11H2,1H3/t13-/m0/s1. The van der Waals surface area contributed by atoms with E-state index in [0.29, 0.717) is 6.04 Å². The molecule has 110 valence electrons. The van der Waals surface area contributed by atoms with E-state index < -0.39 is 0 Å². The molecule has 1 aromatic heterocycles. The van der Waals surface area contributed by atoms with Crippen molar-refractivity contribution in [3.05, 3.63) is 24.1 Å². The van der Waals surface area contributed by atoms with Crippen LogP contribution in [0.2, 0.25) is 0 Å². The summed E-state index contributed by atoms with van der Waals surface area (Å²) in [5.41, 5.74) is 0. The van der Waals surface area contributed by atoms with Gasteiger partial charge in [-0.15, -0.1) is 0 Å². The molecule has 2 aliphatic heterocycles. The lowest BCUT2D eigenvalue weighted by atomic mass is 9.89. The van der Waals surface area contributed by atoms with Crippen molar-refractivity contribution >= 4 is 5.82 Å². The fourth-order valence-electron chi connectivity index (χ4n) is 3.61. The predicted molar refractivity (Wildman–Crippen MR) is 79.4 cm³/mol. The van der Waals surface area contributed by atoms with Crippen molar-refractivity contribution in [2.45, 2.75) is 38.6 Å². The van der Waals surface area contributed by atoms with Crippen LogP contribution in [0.5, 0.6) is 0 Å². The molecule has 2 aliphatic rings. The topological polar surface area (TPSA) is 19.4 Å². The van der Waals surface area contributed by atoms with Crippen LogP contribution in [-0.4, -0.2) is 42.1 Å². The fraction of sp³-hybridized carbons (Fsp3) is 0.688. The second-order valence-corrected chi connectivity index (χ2v) is 6.14. The van der Waals surface area contributed by atoms with Gasteiger partial charge in [-0.25, -0.2) is 9.37 Å². The minimum atomic E-state index is -0.258. The largest absolute Gasteiger partial charge is 0.357 e. The lowest BCUT2D eigenvalue weighted by Gasteiger charge is -2.38. The summed E-state index contributed by atoms with van der Waals surface area (Å²) in [5, 5.41) is 0. The van der Waals surface area contributed by atoms with Crippen LogP contribution in [0, 0.1) is 11.7 Å². The van der Waals surface area contributed by atoms with Gasteiger partial charge in [0.1, 0.15) is 11.6 Å². The number of likely N-dealkylation sites (tertiary alicyclic amines) is 1. The highest BCUT2D eigenvalue weighted by Crippen LogP contribution is 2.28. The monoisotopic (exact) mass is 277 g/mol. The third-order valence-corrected chi connectivity index (χ3v) is 4.97. The number of piperidine rings is 1. The number of nitrogens with zero attached hydrogens (tertiary/aromatic N) is 3. The summed E-state index contributed by atoms with van der Waals surface area (Å²) in [7, 11) is 0. The quantitative estimate of drug-likeness (QED) is 0.847. The summed E-state index contributed by atoms with van der Waals surface area (Å²) in [6, 6.07) is 4.00. The smallest absolute Gasteiger partial charge is 0.141 e. The molecule has 3 nitrogen and oxygen atoms in total.